The molecule has 3 nitrogen and oxygen atoms in total. The van der Waals surface area contributed by atoms with Crippen molar-refractivity contribution in [2.75, 3.05) is 5.73 Å². The number of pyridine rings is 1. The number of carbonyl (C=O) groups excluding carboxylic acids is 1. The van der Waals surface area contributed by atoms with Crippen LogP contribution in [0.25, 0.3) is 21.3 Å². The Morgan fingerprint density at radius 3 is 2.32 bits per heavy atom. The van der Waals surface area contributed by atoms with Gasteiger partial charge in [-0.2, -0.15) is 0 Å². The summed E-state index contributed by atoms with van der Waals surface area (Å²) in [6, 6.07) is 21.3. The molecule has 0 spiro atoms. The van der Waals surface area contributed by atoms with Gasteiger partial charge in [0.25, 0.3) is 0 Å². The lowest BCUT2D eigenvalue weighted by Crippen LogP contribution is -2.01. The van der Waals surface area contributed by atoms with Gasteiger partial charge < -0.3 is 5.73 Å². The van der Waals surface area contributed by atoms with Crippen LogP contribution >= 0.6 is 11.3 Å². The van der Waals surface area contributed by atoms with Gasteiger partial charge in [-0.15, -0.1) is 11.3 Å². The molecule has 0 unspecified atom stereocenters. The van der Waals surface area contributed by atoms with Crippen LogP contribution in [-0.4, -0.2) is 10.8 Å². The van der Waals surface area contributed by atoms with Crippen molar-refractivity contribution in [1.29, 1.82) is 0 Å². The second kappa shape index (κ2) is 6.15. The molecule has 4 rings (SSSR count). The maximum absolute atomic E-state index is 12.9. The molecular formula is C21H16N2OS. The standard InChI is InChI=1S/C21H16N2OS/c1-13-12-16(14-8-4-2-5-9-14)17-18(22)20(25-21(17)23-13)19(24)15-10-6-3-7-11-15/h2-12H,22H2,1H3. The molecule has 0 aliphatic heterocycles. The summed E-state index contributed by atoms with van der Waals surface area (Å²) < 4.78 is 0. The van der Waals surface area contributed by atoms with Gasteiger partial charge in [0.05, 0.1) is 5.69 Å². The average Bonchev–Trinajstić information content (AvgIpc) is 2.98. The Bertz CT molecular complexity index is 1070. The fraction of sp³-hybridized carbons (Fsp3) is 0.0476. The summed E-state index contributed by atoms with van der Waals surface area (Å²) in [6.07, 6.45) is 0. The Morgan fingerprint density at radius 1 is 1.00 bits per heavy atom. The Balaban J connectivity index is 1.95. The van der Waals surface area contributed by atoms with Crippen molar-refractivity contribution in [3.05, 3.63) is 82.9 Å². The van der Waals surface area contributed by atoms with Crippen molar-refractivity contribution < 1.29 is 4.79 Å². The van der Waals surface area contributed by atoms with Crippen LogP contribution in [0.3, 0.4) is 0 Å². The van der Waals surface area contributed by atoms with Gasteiger partial charge in [-0.3, -0.25) is 4.79 Å². The molecule has 0 aliphatic rings. The van der Waals surface area contributed by atoms with E-state index in [0.29, 0.717) is 16.1 Å². The van der Waals surface area contributed by atoms with Gasteiger partial charge >= 0.3 is 0 Å². The number of rotatable bonds is 3. The third-order valence-electron chi connectivity index (χ3n) is 4.15. The smallest absolute Gasteiger partial charge is 0.205 e. The minimum atomic E-state index is -0.0576. The van der Waals surface area contributed by atoms with Crippen LogP contribution in [0.2, 0.25) is 0 Å². The highest BCUT2D eigenvalue weighted by Crippen LogP contribution is 2.40. The van der Waals surface area contributed by atoms with Crippen LogP contribution in [0, 0.1) is 6.92 Å². The van der Waals surface area contributed by atoms with E-state index in [1.807, 2.05) is 73.7 Å². The van der Waals surface area contributed by atoms with E-state index in [-0.39, 0.29) is 5.78 Å². The van der Waals surface area contributed by atoms with E-state index >= 15 is 0 Å². The first-order chi connectivity index (χ1) is 12.1. The molecule has 4 heteroatoms. The van der Waals surface area contributed by atoms with Crippen molar-refractivity contribution >= 4 is 33.0 Å². The molecule has 0 fully saturated rings. The Morgan fingerprint density at radius 2 is 1.64 bits per heavy atom. The molecule has 0 atom stereocenters. The van der Waals surface area contributed by atoms with Crippen LogP contribution in [0.4, 0.5) is 5.69 Å². The molecule has 0 saturated carbocycles. The first kappa shape index (κ1) is 15.5. The minimum absolute atomic E-state index is 0.0576. The largest absolute Gasteiger partial charge is 0.397 e. The van der Waals surface area contributed by atoms with E-state index < -0.39 is 0 Å². The third-order valence-corrected chi connectivity index (χ3v) is 5.25. The molecule has 0 amide bonds. The molecule has 0 aliphatic carbocycles. The number of nitrogens with two attached hydrogens (primary N) is 1. The van der Waals surface area contributed by atoms with E-state index in [4.69, 9.17) is 5.73 Å². The molecule has 4 aromatic rings. The van der Waals surface area contributed by atoms with Gasteiger partial charge in [0.15, 0.2) is 0 Å². The van der Waals surface area contributed by atoms with E-state index in [0.717, 1.165) is 27.0 Å². The minimum Gasteiger partial charge on any atom is -0.397 e. The van der Waals surface area contributed by atoms with E-state index in [1.54, 1.807) is 0 Å². The van der Waals surface area contributed by atoms with Gasteiger partial charge in [-0.05, 0) is 24.1 Å². The maximum atomic E-state index is 12.9. The lowest BCUT2D eigenvalue weighted by molar-refractivity contribution is 0.104. The molecule has 2 N–H and O–H groups in total. The number of hydrogen-bond donors (Lipinski definition) is 1. The van der Waals surface area contributed by atoms with Gasteiger partial charge in [0.2, 0.25) is 5.78 Å². The van der Waals surface area contributed by atoms with Crippen molar-refractivity contribution in [3.63, 3.8) is 0 Å². The first-order valence-corrected chi connectivity index (χ1v) is 8.81. The van der Waals surface area contributed by atoms with Gasteiger partial charge in [0.1, 0.15) is 9.71 Å². The second-order valence-corrected chi connectivity index (χ2v) is 6.90. The fourth-order valence-electron chi connectivity index (χ4n) is 2.98. The number of ketones is 1. The highest BCUT2D eigenvalue weighted by Gasteiger charge is 2.21. The molecule has 2 aromatic carbocycles. The normalized spacial score (nSPS) is 10.9. The predicted octanol–water partition coefficient (Wildman–Crippen LogP) is 5.08. The van der Waals surface area contributed by atoms with Crippen molar-refractivity contribution in [1.82, 2.24) is 4.98 Å². The quantitative estimate of drug-likeness (QED) is 0.527. The predicted molar refractivity (Wildman–Crippen MR) is 104 cm³/mol. The number of thiophene rings is 1. The van der Waals surface area contributed by atoms with Crippen LogP contribution in [0.15, 0.2) is 66.7 Å². The van der Waals surface area contributed by atoms with Gasteiger partial charge in [-0.25, -0.2) is 4.98 Å². The Labute approximate surface area is 149 Å². The second-order valence-electron chi connectivity index (χ2n) is 5.90. The van der Waals surface area contributed by atoms with Gasteiger partial charge in [0, 0.05) is 16.6 Å². The summed E-state index contributed by atoms with van der Waals surface area (Å²) in [5.74, 6) is -0.0576. The number of aromatic nitrogens is 1. The Kier molecular flexibility index (Phi) is 3.82. The van der Waals surface area contributed by atoms with Crippen molar-refractivity contribution in [2.45, 2.75) is 6.92 Å². The molecule has 0 bridgehead atoms. The number of fused-ring (bicyclic) bond motifs is 1. The molecular weight excluding hydrogens is 328 g/mol. The summed E-state index contributed by atoms with van der Waals surface area (Å²) >= 11 is 1.36. The van der Waals surface area contributed by atoms with E-state index in [1.165, 1.54) is 11.3 Å². The lowest BCUT2D eigenvalue weighted by Gasteiger charge is -2.06. The SMILES string of the molecule is Cc1cc(-c2ccccc2)c2c(N)c(C(=O)c3ccccc3)sc2n1. The monoisotopic (exact) mass is 344 g/mol. The highest BCUT2D eigenvalue weighted by atomic mass is 32.1. The molecule has 0 saturated heterocycles. The molecule has 2 aromatic heterocycles. The molecule has 122 valence electrons. The maximum Gasteiger partial charge on any atom is 0.205 e. The fourth-order valence-corrected chi connectivity index (χ4v) is 4.11. The average molecular weight is 344 g/mol. The number of nitrogen functional groups attached to an aromatic ring is 1. The van der Waals surface area contributed by atoms with Crippen molar-refractivity contribution in [3.8, 4) is 11.1 Å². The third kappa shape index (κ3) is 2.71. The van der Waals surface area contributed by atoms with E-state index in [9.17, 15) is 4.79 Å². The molecule has 0 radical (unpaired) electrons. The van der Waals surface area contributed by atoms with Crippen LogP contribution < -0.4 is 5.73 Å². The summed E-state index contributed by atoms with van der Waals surface area (Å²) in [5, 5.41) is 0.862. The zero-order valence-corrected chi connectivity index (χ0v) is 14.5. The number of benzene rings is 2. The summed E-state index contributed by atoms with van der Waals surface area (Å²) in [6.45, 7) is 1.96. The van der Waals surface area contributed by atoms with E-state index in [2.05, 4.69) is 4.98 Å². The molecule has 25 heavy (non-hydrogen) atoms. The summed E-state index contributed by atoms with van der Waals surface area (Å²) in [7, 11) is 0. The zero-order valence-electron chi connectivity index (χ0n) is 13.7. The topological polar surface area (TPSA) is 56.0 Å². The number of hydrogen-bond acceptors (Lipinski definition) is 4. The summed E-state index contributed by atoms with van der Waals surface area (Å²) in [4.78, 5) is 18.8. The number of aryl methyl sites for hydroxylation is 1. The summed E-state index contributed by atoms with van der Waals surface area (Å²) in [5.41, 5.74) is 10.6. The highest BCUT2D eigenvalue weighted by molar-refractivity contribution is 7.21. The molecule has 2 heterocycles. The Hall–Kier alpha value is -2.98. The number of carbonyl (C=O) groups is 1. The number of nitrogens with zero attached hydrogens (tertiary/aromatic N) is 1. The lowest BCUT2D eigenvalue weighted by atomic mass is 10.0. The number of anilines is 1. The van der Waals surface area contributed by atoms with Crippen LogP contribution in [0.5, 0.6) is 0 Å². The van der Waals surface area contributed by atoms with Crippen molar-refractivity contribution in [2.24, 2.45) is 0 Å². The first-order valence-electron chi connectivity index (χ1n) is 8.00. The van der Waals surface area contributed by atoms with Gasteiger partial charge in [-0.1, -0.05) is 60.7 Å². The zero-order chi connectivity index (χ0) is 17.4. The van der Waals surface area contributed by atoms with Crippen LogP contribution in [-0.2, 0) is 0 Å². The van der Waals surface area contributed by atoms with Crippen LogP contribution in [0.1, 0.15) is 20.9 Å².